The number of fused-ring (bicyclic) bond motifs is 2. The zero-order chi connectivity index (χ0) is 24.7. The van der Waals surface area contributed by atoms with E-state index in [0.29, 0.717) is 0 Å². The van der Waals surface area contributed by atoms with Crippen LogP contribution in [0, 0.1) is 0 Å². The van der Waals surface area contributed by atoms with E-state index in [1.54, 1.807) is 6.20 Å². The number of H-pyrrole nitrogens is 1. The smallest absolute Gasteiger partial charge is 0.102 e. The first-order chi connectivity index (χ1) is 17.7. The predicted molar refractivity (Wildman–Crippen MR) is 153 cm³/mol. The van der Waals surface area contributed by atoms with Crippen LogP contribution in [0.5, 0.6) is 0 Å². The van der Waals surface area contributed by atoms with Crippen molar-refractivity contribution in [1.29, 1.82) is 0 Å². The summed E-state index contributed by atoms with van der Waals surface area (Å²) < 4.78 is 2.10. The van der Waals surface area contributed by atoms with E-state index in [-0.39, 0.29) is 12.4 Å². The summed E-state index contributed by atoms with van der Waals surface area (Å²) in [5.74, 6) is 0. The van der Waals surface area contributed by atoms with Gasteiger partial charge in [0, 0.05) is 53.2 Å². The van der Waals surface area contributed by atoms with E-state index in [4.69, 9.17) is 5.10 Å². The molecule has 7 nitrogen and oxygen atoms in total. The van der Waals surface area contributed by atoms with Crippen LogP contribution >= 0.6 is 12.4 Å². The summed E-state index contributed by atoms with van der Waals surface area (Å²) >= 11 is 0. The second-order valence-electron chi connectivity index (χ2n) is 8.85. The largest absolute Gasteiger partial charge is 0.309 e. The maximum atomic E-state index is 4.81. The molecule has 0 saturated carbocycles. The van der Waals surface area contributed by atoms with Crippen LogP contribution in [0.4, 0.5) is 0 Å². The number of aromatic nitrogens is 6. The summed E-state index contributed by atoms with van der Waals surface area (Å²) in [6, 6.07) is 24.4. The fraction of sp³-hybridized carbons (Fsp3) is 0.172. The molecule has 4 aromatic heterocycles. The lowest BCUT2D eigenvalue weighted by Gasteiger charge is -2.09. The molecule has 188 valence electrons. The summed E-state index contributed by atoms with van der Waals surface area (Å²) in [5.41, 5.74) is 6.40. The van der Waals surface area contributed by atoms with Gasteiger partial charge >= 0.3 is 0 Å². The number of pyridine rings is 2. The average Bonchev–Trinajstić information content (AvgIpc) is 3.52. The van der Waals surface area contributed by atoms with Crippen molar-refractivity contribution in [2.45, 2.75) is 13.0 Å². The van der Waals surface area contributed by atoms with Gasteiger partial charge < -0.3 is 4.90 Å². The molecule has 0 aliphatic carbocycles. The highest BCUT2D eigenvalue weighted by Gasteiger charge is 2.12. The minimum Gasteiger partial charge on any atom is -0.309 e. The van der Waals surface area contributed by atoms with Crippen LogP contribution in [0.3, 0.4) is 0 Å². The highest BCUT2D eigenvalue weighted by molar-refractivity contribution is 5.93. The molecule has 0 saturated heterocycles. The molecule has 6 aromatic rings. The number of benzene rings is 2. The van der Waals surface area contributed by atoms with Crippen LogP contribution in [0.25, 0.3) is 44.3 Å². The number of nitrogens with one attached hydrogen (secondary N) is 1. The SMILES string of the molecule is CN(C)CCCn1nc(-c2ccccc2)c2cnccc21.Cl.c1ccc(-c2n[nH]c3ccncc23)cc1. The Hall–Kier alpha value is -4.07. The van der Waals surface area contributed by atoms with E-state index < -0.39 is 0 Å². The molecule has 4 heterocycles. The van der Waals surface area contributed by atoms with E-state index >= 15 is 0 Å². The molecular formula is C29H30ClN7. The summed E-state index contributed by atoms with van der Waals surface area (Å²) in [4.78, 5) is 10.6. The van der Waals surface area contributed by atoms with E-state index in [0.717, 1.165) is 63.8 Å². The molecular weight excluding hydrogens is 482 g/mol. The van der Waals surface area contributed by atoms with Crippen LogP contribution in [-0.2, 0) is 6.54 Å². The minimum absolute atomic E-state index is 0. The Kier molecular flexibility index (Phi) is 8.61. The Morgan fingerprint density at radius 2 is 1.38 bits per heavy atom. The minimum atomic E-state index is 0. The van der Waals surface area contributed by atoms with Gasteiger partial charge in [-0.2, -0.15) is 10.2 Å². The predicted octanol–water partition coefficient (Wildman–Crippen LogP) is 6.10. The monoisotopic (exact) mass is 511 g/mol. The molecule has 0 atom stereocenters. The first-order valence-electron chi connectivity index (χ1n) is 12.0. The fourth-order valence-corrected chi connectivity index (χ4v) is 4.21. The summed E-state index contributed by atoms with van der Waals surface area (Å²) in [6.45, 7) is 1.98. The number of aromatic amines is 1. The van der Waals surface area contributed by atoms with Crippen molar-refractivity contribution in [3.8, 4) is 22.5 Å². The fourth-order valence-electron chi connectivity index (χ4n) is 4.21. The van der Waals surface area contributed by atoms with E-state index in [9.17, 15) is 0 Å². The standard InChI is InChI=1S/C17H20N4.C12H9N3.ClH/c1-20(2)11-6-12-21-16-9-10-18-13-15(16)17(19-21)14-7-4-3-5-8-14;1-2-4-9(5-3-1)12-10-8-13-7-6-11(10)14-15-12;/h3-5,7-10,13H,6,11-12H2,1-2H3;1-8H,(H,14,15);1H. The zero-order valence-corrected chi connectivity index (χ0v) is 21.8. The van der Waals surface area contributed by atoms with Crippen molar-refractivity contribution in [2.24, 2.45) is 0 Å². The first-order valence-corrected chi connectivity index (χ1v) is 12.0. The van der Waals surface area contributed by atoms with Gasteiger partial charge in [-0.25, -0.2) is 0 Å². The molecule has 0 unspecified atom stereocenters. The lowest BCUT2D eigenvalue weighted by atomic mass is 10.1. The van der Waals surface area contributed by atoms with Gasteiger partial charge in [0.25, 0.3) is 0 Å². The van der Waals surface area contributed by atoms with Crippen molar-refractivity contribution in [2.75, 3.05) is 20.6 Å². The topological polar surface area (TPSA) is 75.5 Å². The third kappa shape index (κ3) is 6.02. The maximum absolute atomic E-state index is 4.81. The van der Waals surface area contributed by atoms with Crippen LogP contribution in [0.1, 0.15) is 6.42 Å². The number of nitrogens with zero attached hydrogens (tertiary/aromatic N) is 6. The molecule has 0 spiro atoms. The number of halogens is 1. The highest BCUT2D eigenvalue weighted by Crippen LogP contribution is 2.27. The molecule has 6 rings (SSSR count). The average molecular weight is 512 g/mol. The molecule has 0 radical (unpaired) electrons. The first kappa shape index (κ1) is 26.0. The molecule has 0 amide bonds. The third-order valence-electron chi connectivity index (χ3n) is 5.99. The molecule has 0 bridgehead atoms. The van der Waals surface area contributed by atoms with Crippen molar-refractivity contribution in [1.82, 2.24) is 34.8 Å². The van der Waals surface area contributed by atoms with Gasteiger partial charge in [-0.1, -0.05) is 60.7 Å². The number of aryl methyl sites for hydroxylation is 1. The second-order valence-corrected chi connectivity index (χ2v) is 8.85. The van der Waals surface area contributed by atoms with E-state index in [1.165, 1.54) is 0 Å². The molecule has 0 fully saturated rings. The van der Waals surface area contributed by atoms with Gasteiger partial charge in [-0.05, 0) is 39.2 Å². The summed E-state index contributed by atoms with van der Waals surface area (Å²) in [7, 11) is 4.20. The Balaban J connectivity index is 0.000000177. The third-order valence-corrected chi connectivity index (χ3v) is 5.99. The van der Waals surface area contributed by atoms with Crippen molar-refractivity contribution < 1.29 is 0 Å². The molecule has 0 aliphatic heterocycles. The van der Waals surface area contributed by atoms with Gasteiger partial charge in [-0.15, -0.1) is 12.4 Å². The lowest BCUT2D eigenvalue weighted by molar-refractivity contribution is 0.383. The Morgan fingerprint density at radius 1 is 0.757 bits per heavy atom. The van der Waals surface area contributed by atoms with Crippen molar-refractivity contribution in [3.63, 3.8) is 0 Å². The summed E-state index contributed by atoms with van der Waals surface area (Å²) in [5, 5.41) is 14.3. The van der Waals surface area contributed by atoms with Crippen molar-refractivity contribution in [3.05, 3.63) is 97.6 Å². The Bertz CT molecular complexity index is 1540. The van der Waals surface area contributed by atoms with Gasteiger partial charge in [0.15, 0.2) is 0 Å². The van der Waals surface area contributed by atoms with Gasteiger partial charge in [0.05, 0.1) is 11.0 Å². The van der Waals surface area contributed by atoms with Gasteiger partial charge in [0.2, 0.25) is 0 Å². The van der Waals surface area contributed by atoms with Gasteiger partial charge in [-0.3, -0.25) is 19.7 Å². The van der Waals surface area contributed by atoms with E-state index in [2.05, 4.69) is 56.0 Å². The zero-order valence-electron chi connectivity index (χ0n) is 21.0. The quantitative estimate of drug-likeness (QED) is 0.292. The van der Waals surface area contributed by atoms with E-state index in [1.807, 2.05) is 79.3 Å². The molecule has 37 heavy (non-hydrogen) atoms. The van der Waals surface area contributed by atoms with Crippen molar-refractivity contribution >= 4 is 34.2 Å². The highest BCUT2D eigenvalue weighted by atomic mass is 35.5. The number of rotatable bonds is 6. The molecule has 8 heteroatoms. The van der Waals surface area contributed by atoms with Crippen LogP contribution < -0.4 is 0 Å². The molecule has 2 aromatic carbocycles. The Labute approximate surface area is 222 Å². The lowest BCUT2D eigenvalue weighted by Crippen LogP contribution is -2.15. The van der Waals surface area contributed by atoms with Gasteiger partial charge in [0.1, 0.15) is 11.4 Å². The number of hydrogen-bond acceptors (Lipinski definition) is 5. The number of hydrogen-bond donors (Lipinski definition) is 1. The molecule has 1 N–H and O–H groups in total. The second kappa shape index (κ2) is 12.3. The molecule has 0 aliphatic rings. The normalized spacial score (nSPS) is 10.8. The van der Waals surface area contributed by atoms with Crippen LogP contribution in [0.15, 0.2) is 97.6 Å². The Morgan fingerprint density at radius 3 is 2.05 bits per heavy atom. The summed E-state index contributed by atoms with van der Waals surface area (Å²) in [6.07, 6.45) is 8.42. The van der Waals surface area contributed by atoms with Crippen LogP contribution in [-0.4, -0.2) is 55.5 Å². The maximum Gasteiger partial charge on any atom is 0.102 e. The van der Waals surface area contributed by atoms with Crippen LogP contribution in [0.2, 0.25) is 0 Å².